The van der Waals surface area contributed by atoms with E-state index in [-0.39, 0.29) is 17.9 Å². The minimum absolute atomic E-state index is 0.00402. The van der Waals surface area contributed by atoms with Gasteiger partial charge in [0, 0.05) is 29.5 Å². The van der Waals surface area contributed by atoms with Crippen LogP contribution in [0.2, 0.25) is 0 Å². The van der Waals surface area contributed by atoms with Gasteiger partial charge in [-0.25, -0.2) is 4.98 Å². The quantitative estimate of drug-likeness (QED) is 0.781. The molecule has 2 bridgehead atoms. The molecule has 6 nitrogen and oxygen atoms in total. The Morgan fingerprint density at radius 3 is 2.57 bits per heavy atom. The van der Waals surface area contributed by atoms with Crippen molar-refractivity contribution in [2.45, 2.75) is 48.0 Å². The highest BCUT2D eigenvalue weighted by Crippen LogP contribution is 2.34. The highest BCUT2D eigenvalue weighted by Gasteiger charge is 2.40. The number of piperidine rings is 3. The number of amides is 2. The number of carbonyl (C=O) groups excluding carboxylic acids is 2. The lowest BCUT2D eigenvalue weighted by Crippen LogP contribution is -2.62. The maximum absolute atomic E-state index is 12.7. The van der Waals surface area contributed by atoms with Crippen molar-refractivity contribution in [2.24, 2.45) is 5.92 Å². The van der Waals surface area contributed by atoms with E-state index in [1.165, 1.54) is 42.9 Å². The van der Waals surface area contributed by atoms with Crippen molar-refractivity contribution in [3.05, 3.63) is 36.0 Å². The molecule has 2 aromatic rings. The maximum Gasteiger partial charge on any atom is 0.251 e. The standard InChI is InChI=1S/C20H24N4O2S2/c1-12-18(14-7-9-24(12)10-8-14)23-19(26)15-3-5-16(6-4-15)27-20-21-11-17(28-20)22-13(2)25/h3-6,11-12,14,18H,7-10H2,1-2H3,(H,22,25)(H,23,26). The van der Waals surface area contributed by atoms with Crippen LogP contribution in [0.4, 0.5) is 5.00 Å². The molecule has 1 aromatic heterocycles. The Kier molecular flexibility index (Phi) is 5.70. The van der Waals surface area contributed by atoms with Gasteiger partial charge in [-0.15, -0.1) is 0 Å². The summed E-state index contributed by atoms with van der Waals surface area (Å²) in [5.74, 6) is 0.499. The van der Waals surface area contributed by atoms with Gasteiger partial charge in [0.25, 0.3) is 5.91 Å². The third kappa shape index (κ3) is 4.24. The predicted octanol–water partition coefficient (Wildman–Crippen LogP) is 3.47. The van der Waals surface area contributed by atoms with Crippen LogP contribution in [0.15, 0.2) is 39.7 Å². The molecule has 2 atom stereocenters. The van der Waals surface area contributed by atoms with Crippen LogP contribution in [0.25, 0.3) is 0 Å². The summed E-state index contributed by atoms with van der Waals surface area (Å²) in [7, 11) is 0. The second kappa shape index (κ2) is 8.23. The van der Waals surface area contributed by atoms with Crippen molar-refractivity contribution >= 4 is 39.9 Å². The Labute approximate surface area is 173 Å². The van der Waals surface area contributed by atoms with Crippen LogP contribution in [0.3, 0.4) is 0 Å². The highest BCUT2D eigenvalue weighted by atomic mass is 32.2. The van der Waals surface area contributed by atoms with Crippen LogP contribution in [-0.4, -0.2) is 46.9 Å². The van der Waals surface area contributed by atoms with Gasteiger partial charge in [-0.2, -0.15) is 0 Å². The minimum Gasteiger partial charge on any atom is -0.347 e. The molecule has 3 aliphatic heterocycles. The molecular formula is C20H24N4O2S2. The van der Waals surface area contributed by atoms with Crippen molar-refractivity contribution in [3.8, 4) is 0 Å². The lowest BCUT2D eigenvalue weighted by Gasteiger charge is -2.49. The van der Waals surface area contributed by atoms with E-state index in [1.54, 1.807) is 6.20 Å². The van der Waals surface area contributed by atoms with Crippen LogP contribution in [-0.2, 0) is 4.79 Å². The lowest BCUT2D eigenvalue weighted by atomic mass is 9.79. The number of aromatic nitrogens is 1. The second-order valence-corrected chi connectivity index (χ2v) is 9.76. The summed E-state index contributed by atoms with van der Waals surface area (Å²) in [5.41, 5.74) is 0.686. The molecule has 4 heterocycles. The van der Waals surface area contributed by atoms with E-state index in [4.69, 9.17) is 0 Å². The zero-order chi connectivity index (χ0) is 19.7. The summed E-state index contributed by atoms with van der Waals surface area (Å²) >= 11 is 2.95. The topological polar surface area (TPSA) is 74.3 Å². The number of thiazole rings is 1. The highest BCUT2D eigenvalue weighted by molar-refractivity contribution is 8.01. The first-order valence-electron chi connectivity index (χ1n) is 9.56. The molecular weight excluding hydrogens is 392 g/mol. The minimum atomic E-state index is -0.104. The monoisotopic (exact) mass is 416 g/mol. The lowest BCUT2D eigenvalue weighted by molar-refractivity contribution is -0.114. The molecule has 3 saturated heterocycles. The van der Waals surface area contributed by atoms with Gasteiger partial charge in [0.1, 0.15) is 5.00 Å². The van der Waals surface area contributed by atoms with E-state index >= 15 is 0 Å². The van der Waals surface area contributed by atoms with Gasteiger partial charge in [0.2, 0.25) is 5.91 Å². The summed E-state index contributed by atoms with van der Waals surface area (Å²) < 4.78 is 0.849. The van der Waals surface area contributed by atoms with Gasteiger partial charge in [-0.05, 0) is 63.0 Å². The van der Waals surface area contributed by atoms with E-state index < -0.39 is 0 Å². The molecule has 2 amide bonds. The fourth-order valence-electron chi connectivity index (χ4n) is 4.09. The molecule has 148 valence electrons. The van der Waals surface area contributed by atoms with Gasteiger partial charge in [0.05, 0.1) is 6.20 Å². The van der Waals surface area contributed by atoms with Crippen molar-refractivity contribution in [2.75, 3.05) is 18.4 Å². The van der Waals surface area contributed by atoms with Gasteiger partial charge >= 0.3 is 0 Å². The third-order valence-corrected chi connectivity index (χ3v) is 7.58. The summed E-state index contributed by atoms with van der Waals surface area (Å²) in [6.07, 6.45) is 4.02. The van der Waals surface area contributed by atoms with Gasteiger partial charge in [0.15, 0.2) is 4.34 Å². The number of anilines is 1. The molecule has 8 heteroatoms. The number of rotatable bonds is 5. The SMILES string of the molecule is CC(=O)Nc1cnc(Sc2ccc(C(=O)NC3C4CCN(CC4)C3C)cc2)s1. The van der Waals surface area contributed by atoms with Crippen molar-refractivity contribution in [1.29, 1.82) is 0 Å². The molecule has 2 N–H and O–H groups in total. The van der Waals surface area contributed by atoms with E-state index in [0.29, 0.717) is 17.5 Å². The summed E-state index contributed by atoms with van der Waals surface area (Å²) in [5, 5.41) is 6.74. The summed E-state index contributed by atoms with van der Waals surface area (Å²) in [6.45, 7) is 6.02. The number of hydrogen-bond donors (Lipinski definition) is 2. The Morgan fingerprint density at radius 1 is 1.21 bits per heavy atom. The number of carbonyl (C=O) groups is 2. The van der Waals surface area contributed by atoms with Gasteiger partial charge < -0.3 is 10.6 Å². The fourth-order valence-corrected chi connectivity index (χ4v) is 5.99. The molecule has 3 aliphatic rings. The van der Waals surface area contributed by atoms with Crippen molar-refractivity contribution < 1.29 is 9.59 Å². The largest absolute Gasteiger partial charge is 0.347 e. The average Bonchev–Trinajstić information content (AvgIpc) is 3.11. The molecule has 0 radical (unpaired) electrons. The zero-order valence-corrected chi connectivity index (χ0v) is 17.6. The molecule has 28 heavy (non-hydrogen) atoms. The Bertz CT molecular complexity index is 857. The van der Waals surface area contributed by atoms with E-state index in [9.17, 15) is 9.59 Å². The van der Waals surface area contributed by atoms with Crippen LogP contribution in [0, 0.1) is 5.92 Å². The average molecular weight is 417 g/mol. The molecule has 5 rings (SSSR count). The van der Waals surface area contributed by atoms with Crippen LogP contribution >= 0.6 is 23.1 Å². The van der Waals surface area contributed by atoms with Gasteiger partial charge in [-0.3, -0.25) is 14.5 Å². The maximum atomic E-state index is 12.7. The number of hydrogen-bond acceptors (Lipinski definition) is 6. The Balaban J connectivity index is 1.37. The van der Waals surface area contributed by atoms with Crippen LogP contribution in [0.1, 0.15) is 37.0 Å². The number of nitrogens with zero attached hydrogens (tertiary/aromatic N) is 2. The van der Waals surface area contributed by atoms with Crippen LogP contribution in [0.5, 0.6) is 0 Å². The number of benzene rings is 1. The smallest absolute Gasteiger partial charge is 0.251 e. The normalized spacial score (nSPS) is 26.1. The first-order valence-corrected chi connectivity index (χ1v) is 11.2. The molecule has 3 fully saturated rings. The zero-order valence-electron chi connectivity index (χ0n) is 16.0. The van der Waals surface area contributed by atoms with E-state index in [0.717, 1.165) is 27.3 Å². The first kappa shape index (κ1) is 19.4. The first-order chi connectivity index (χ1) is 13.5. The fraction of sp³-hybridized carbons (Fsp3) is 0.450. The summed E-state index contributed by atoms with van der Waals surface area (Å²) in [4.78, 5) is 31.6. The number of fused-ring (bicyclic) bond motifs is 3. The van der Waals surface area contributed by atoms with E-state index in [1.807, 2.05) is 24.3 Å². The number of nitrogens with one attached hydrogen (secondary N) is 2. The Morgan fingerprint density at radius 2 is 1.93 bits per heavy atom. The van der Waals surface area contributed by atoms with Crippen molar-refractivity contribution in [1.82, 2.24) is 15.2 Å². The third-order valence-electron chi connectivity index (χ3n) is 5.58. The predicted molar refractivity (Wildman–Crippen MR) is 112 cm³/mol. The second-order valence-electron chi connectivity index (χ2n) is 7.41. The van der Waals surface area contributed by atoms with E-state index in [2.05, 4.69) is 27.4 Å². The van der Waals surface area contributed by atoms with Crippen LogP contribution < -0.4 is 10.6 Å². The molecule has 0 aliphatic carbocycles. The Hall–Kier alpha value is -1.90. The van der Waals surface area contributed by atoms with Crippen molar-refractivity contribution in [3.63, 3.8) is 0 Å². The molecule has 0 saturated carbocycles. The van der Waals surface area contributed by atoms with Gasteiger partial charge in [-0.1, -0.05) is 23.1 Å². The molecule has 2 unspecified atom stereocenters. The summed E-state index contributed by atoms with van der Waals surface area (Å²) in [6, 6.07) is 8.27. The molecule has 0 spiro atoms. The molecule has 1 aromatic carbocycles.